The van der Waals surface area contributed by atoms with Crippen molar-refractivity contribution >= 4 is 11.3 Å². The van der Waals surface area contributed by atoms with E-state index in [1.807, 2.05) is 5.51 Å². The van der Waals surface area contributed by atoms with E-state index in [1.54, 1.807) is 11.3 Å². The SMILES string of the molecule is Cc1ncsc1CN(C)C(CN)c1ccc(C(C)C)cc1. The average molecular weight is 303 g/mol. The van der Waals surface area contributed by atoms with Crippen molar-refractivity contribution in [2.75, 3.05) is 13.6 Å². The van der Waals surface area contributed by atoms with Crippen LogP contribution in [-0.2, 0) is 6.54 Å². The van der Waals surface area contributed by atoms with Gasteiger partial charge in [-0.15, -0.1) is 11.3 Å². The van der Waals surface area contributed by atoms with E-state index >= 15 is 0 Å². The molecule has 1 heterocycles. The fourth-order valence-corrected chi connectivity index (χ4v) is 3.33. The van der Waals surface area contributed by atoms with Crippen LogP contribution in [0.15, 0.2) is 29.8 Å². The van der Waals surface area contributed by atoms with Crippen LogP contribution in [0.4, 0.5) is 0 Å². The number of likely N-dealkylation sites (N-methyl/N-ethyl adjacent to an activating group) is 1. The van der Waals surface area contributed by atoms with Gasteiger partial charge in [0.1, 0.15) is 0 Å². The van der Waals surface area contributed by atoms with E-state index in [2.05, 4.69) is 62.0 Å². The molecule has 0 bridgehead atoms. The summed E-state index contributed by atoms with van der Waals surface area (Å²) in [6, 6.07) is 9.10. The van der Waals surface area contributed by atoms with Gasteiger partial charge in [0.2, 0.25) is 0 Å². The molecule has 0 spiro atoms. The summed E-state index contributed by atoms with van der Waals surface area (Å²) in [6.07, 6.45) is 0. The highest BCUT2D eigenvalue weighted by molar-refractivity contribution is 7.09. The van der Waals surface area contributed by atoms with Crippen LogP contribution in [0.3, 0.4) is 0 Å². The summed E-state index contributed by atoms with van der Waals surface area (Å²) < 4.78 is 0. The second-order valence-corrected chi connectivity index (χ2v) is 6.79. The van der Waals surface area contributed by atoms with Crippen molar-refractivity contribution in [1.29, 1.82) is 0 Å². The molecule has 2 aromatic rings. The van der Waals surface area contributed by atoms with Crippen molar-refractivity contribution in [3.63, 3.8) is 0 Å². The van der Waals surface area contributed by atoms with Crippen molar-refractivity contribution in [3.8, 4) is 0 Å². The molecule has 0 saturated carbocycles. The quantitative estimate of drug-likeness (QED) is 0.884. The third kappa shape index (κ3) is 3.90. The lowest BCUT2D eigenvalue weighted by molar-refractivity contribution is 0.243. The van der Waals surface area contributed by atoms with Crippen LogP contribution in [0, 0.1) is 6.92 Å². The molecule has 1 unspecified atom stereocenters. The molecule has 2 N–H and O–H groups in total. The summed E-state index contributed by atoms with van der Waals surface area (Å²) in [5, 5.41) is 0. The second-order valence-electron chi connectivity index (χ2n) is 5.85. The van der Waals surface area contributed by atoms with E-state index in [4.69, 9.17) is 5.73 Å². The molecule has 0 aliphatic carbocycles. The monoisotopic (exact) mass is 303 g/mol. The van der Waals surface area contributed by atoms with Crippen LogP contribution >= 0.6 is 11.3 Å². The first kappa shape index (κ1) is 16.1. The summed E-state index contributed by atoms with van der Waals surface area (Å²) in [4.78, 5) is 7.94. The molecule has 0 aliphatic rings. The minimum atomic E-state index is 0.243. The molecule has 21 heavy (non-hydrogen) atoms. The van der Waals surface area contributed by atoms with Crippen LogP contribution in [0.1, 0.15) is 47.5 Å². The molecular formula is C17H25N3S. The Morgan fingerprint density at radius 3 is 2.29 bits per heavy atom. The molecule has 4 heteroatoms. The van der Waals surface area contributed by atoms with Gasteiger partial charge < -0.3 is 5.73 Å². The fraction of sp³-hybridized carbons (Fsp3) is 0.471. The Morgan fingerprint density at radius 1 is 1.19 bits per heavy atom. The molecular weight excluding hydrogens is 278 g/mol. The van der Waals surface area contributed by atoms with E-state index in [-0.39, 0.29) is 6.04 Å². The van der Waals surface area contributed by atoms with Crippen LogP contribution in [-0.4, -0.2) is 23.5 Å². The highest BCUT2D eigenvalue weighted by Crippen LogP contribution is 2.24. The predicted molar refractivity (Wildman–Crippen MR) is 90.6 cm³/mol. The standard InChI is InChI=1S/C17H25N3S/c1-12(2)14-5-7-15(8-6-14)16(9-18)20(4)10-17-13(3)19-11-21-17/h5-8,11-12,16H,9-10,18H2,1-4H3. The summed E-state index contributed by atoms with van der Waals surface area (Å²) >= 11 is 1.71. The molecule has 0 fully saturated rings. The number of aromatic nitrogens is 1. The van der Waals surface area contributed by atoms with Gasteiger partial charge in [0.15, 0.2) is 0 Å². The summed E-state index contributed by atoms with van der Waals surface area (Å²) in [6.45, 7) is 8.01. The molecule has 0 aliphatic heterocycles. The fourth-order valence-electron chi connectivity index (χ4n) is 2.49. The topological polar surface area (TPSA) is 42.2 Å². The lowest BCUT2D eigenvalue weighted by atomic mass is 9.98. The van der Waals surface area contributed by atoms with Gasteiger partial charge in [-0.05, 0) is 31.0 Å². The molecule has 3 nitrogen and oxygen atoms in total. The number of thiazole rings is 1. The molecule has 0 saturated heterocycles. The Kier molecular flexibility index (Phi) is 5.51. The zero-order chi connectivity index (χ0) is 15.4. The van der Waals surface area contributed by atoms with Gasteiger partial charge in [-0.25, -0.2) is 4.98 Å². The van der Waals surface area contributed by atoms with E-state index in [0.29, 0.717) is 12.5 Å². The molecule has 1 atom stereocenters. The van der Waals surface area contributed by atoms with Crippen LogP contribution in [0.25, 0.3) is 0 Å². The van der Waals surface area contributed by atoms with E-state index in [0.717, 1.165) is 12.2 Å². The van der Waals surface area contributed by atoms with Crippen molar-refractivity contribution in [3.05, 3.63) is 51.5 Å². The lowest BCUT2D eigenvalue weighted by Crippen LogP contribution is -2.30. The Labute approximate surface area is 131 Å². The van der Waals surface area contributed by atoms with Gasteiger partial charge in [-0.1, -0.05) is 38.1 Å². The number of aryl methyl sites for hydroxylation is 1. The highest BCUT2D eigenvalue weighted by atomic mass is 32.1. The normalized spacial score (nSPS) is 13.1. The molecule has 0 radical (unpaired) electrons. The largest absolute Gasteiger partial charge is 0.329 e. The Bertz CT molecular complexity index is 560. The zero-order valence-corrected chi connectivity index (χ0v) is 14.2. The van der Waals surface area contributed by atoms with Gasteiger partial charge in [-0.2, -0.15) is 0 Å². The number of benzene rings is 1. The first-order valence-corrected chi connectivity index (χ1v) is 8.30. The molecule has 1 aromatic heterocycles. The predicted octanol–water partition coefficient (Wildman–Crippen LogP) is 3.71. The first-order valence-electron chi connectivity index (χ1n) is 7.42. The van der Waals surface area contributed by atoms with Gasteiger partial charge in [0.25, 0.3) is 0 Å². The van der Waals surface area contributed by atoms with Crippen molar-refractivity contribution < 1.29 is 0 Å². The highest BCUT2D eigenvalue weighted by Gasteiger charge is 2.17. The van der Waals surface area contributed by atoms with Crippen LogP contribution < -0.4 is 5.73 Å². The molecule has 0 amide bonds. The van der Waals surface area contributed by atoms with Crippen LogP contribution in [0.2, 0.25) is 0 Å². The number of hydrogen-bond donors (Lipinski definition) is 1. The smallest absolute Gasteiger partial charge is 0.0798 e. The zero-order valence-electron chi connectivity index (χ0n) is 13.3. The number of nitrogens with zero attached hydrogens (tertiary/aromatic N) is 2. The van der Waals surface area contributed by atoms with E-state index in [1.165, 1.54) is 16.0 Å². The third-order valence-corrected chi connectivity index (χ3v) is 4.90. The van der Waals surface area contributed by atoms with E-state index < -0.39 is 0 Å². The second kappa shape index (κ2) is 7.16. The maximum Gasteiger partial charge on any atom is 0.0798 e. The minimum absolute atomic E-state index is 0.243. The van der Waals surface area contributed by atoms with Crippen LogP contribution in [0.5, 0.6) is 0 Å². The van der Waals surface area contributed by atoms with E-state index in [9.17, 15) is 0 Å². The third-order valence-electron chi connectivity index (χ3n) is 3.98. The number of hydrogen-bond acceptors (Lipinski definition) is 4. The van der Waals surface area contributed by atoms with Gasteiger partial charge in [-0.3, -0.25) is 4.90 Å². The van der Waals surface area contributed by atoms with Gasteiger partial charge >= 0.3 is 0 Å². The summed E-state index contributed by atoms with van der Waals surface area (Å²) in [5.74, 6) is 0.563. The van der Waals surface area contributed by atoms with Gasteiger partial charge in [0, 0.05) is 24.0 Å². The average Bonchev–Trinajstić information content (AvgIpc) is 2.85. The molecule has 114 valence electrons. The maximum absolute atomic E-state index is 6.02. The van der Waals surface area contributed by atoms with Crippen molar-refractivity contribution in [2.45, 2.75) is 39.3 Å². The Balaban J connectivity index is 2.13. The van der Waals surface area contributed by atoms with Gasteiger partial charge in [0.05, 0.1) is 11.2 Å². The molecule has 1 aromatic carbocycles. The minimum Gasteiger partial charge on any atom is -0.329 e. The Hall–Kier alpha value is -1.23. The lowest BCUT2D eigenvalue weighted by Gasteiger charge is -2.27. The van der Waals surface area contributed by atoms with Crippen molar-refractivity contribution in [1.82, 2.24) is 9.88 Å². The maximum atomic E-state index is 6.02. The summed E-state index contributed by atoms with van der Waals surface area (Å²) in [7, 11) is 2.13. The summed E-state index contributed by atoms with van der Waals surface area (Å²) in [5.41, 5.74) is 11.7. The number of rotatable bonds is 6. The number of nitrogens with two attached hydrogens (primary N) is 1. The first-order chi connectivity index (χ1) is 10.0. The van der Waals surface area contributed by atoms with Crippen molar-refractivity contribution in [2.24, 2.45) is 5.73 Å². The Morgan fingerprint density at radius 2 is 1.81 bits per heavy atom. The molecule has 2 rings (SSSR count).